The number of carbonyl (C=O) groups excluding carboxylic acids is 2. The number of ketones is 1. The Kier molecular flexibility index (Phi) is 6.34. The zero-order valence-electron chi connectivity index (χ0n) is 20.1. The van der Waals surface area contributed by atoms with E-state index in [9.17, 15) is 14.9 Å². The third-order valence-corrected chi connectivity index (χ3v) is 6.46. The number of piperidine rings is 1. The van der Waals surface area contributed by atoms with Gasteiger partial charge in [-0.1, -0.05) is 30.3 Å². The lowest BCUT2D eigenvalue weighted by Gasteiger charge is -2.28. The van der Waals surface area contributed by atoms with Crippen molar-refractivity contribution in [3.63, 3.8) is 0 Å². The molecule has 1 aromatic carbocycles. The van der Waals surface area contributed by atoms with Crippen LogP contribution in [0.4, 0.5) is 5.95 Å². The number of hydrogen-bond acceptors (Lipinski definition) is 8. The van der Waals surface area contributed by atoms with Gasteiger partial charge >= 0.3 is 0 Å². The molecular formula is C27H23N7O3. The number of nitrogens with two attached hydrogens (primary N) is 1. The van der Waals surface area contributed by atoms with Crippen molar-refractivity contribution < 1.29 is 14.3 Å². The zero-order chi connectivity index (χ0) is 25.9. The van der Waals surface area contributed by atoms with Crippen LogP contribution in [0.3, 0.4) is 0 Å². The third kappa shape index (κ3) is 4.38. The molecule has 0 unspecified atom stereocenters. The van der Waals surface area contributed by atoms with Crippen LogP contribution in [0.2, 0.25) is 0 Å². The monoisotopic (exact) mass is 493 g/mol. The number of ether oxygens (including phenoxy) is 1. The summed E-state index contributed by atoms with van der Waals surface area (Å²) in [6.07, 6.45) is 7.11. The van der Waals surface area contributed by atoms with Gasteiger partial charge in [0.15, 0.2) is 0 Å². The minimum atomic E-state index is -0.647. The predicted molar refractivity (Wildman–Crippen MR) is 137 cm³/mol. The highest BCUT2D eigenvalue weighted by Crippen LogP contribution is 2.35. The smallest absolute Gasteiger partial charge is 0.295 e. The Hall–Kier alpha value is -5.04. The summed E-state index contributed by atoms with van der Waals surface area (Å²) in [6, 6.07) is 11.8. The summed E-state index contributed by atoms with van der Waals surface area (Å²) in [5.41, 5.74) is 9.89. The SMILES string of the molecule is COc1cnc(-c2cnc(N)nc2)c2[nH]cc(C(=O)C(=O)N3CCC(=C(C#N)c4ccccc4)CC3)c12. The van der Waals surface area contributed by atoms with Gasteiger partial charge in [0.05, 0.1) is 47.1 Å². The molecule has 0 radical (unpaired) electrons. The maximum Gasteiger partial charge on any atom is 0.295 e. The van der Waals surface area contributed by atoms with Crippen molar-refractivity contribution in [3.8, 4) is 23.1 Å². The van der Waals surface area contributed by atoms with Crippen LogP contribution in [0.1, 0.15) is 28.8 Å². The normalized spacial score (nSPS) is 13.3. The number of carbonyl (C=O) groups is 2. The van der Waals surface area contributed by atoms with E-state index < -0.39 is 11.7 Å². The maximum absolute atomic E-state index is 13.4. The first kappa shape index (κ1) is 23.7. The van der Waals surface area contributed by atoms with Gasteiger partial charge in [0.1, 0.15) is 5.75 Å². The molecule has 0 spiro atoms. The molecular weight excluding hydrogens is 470 g/mol. The number of aromatic amines is 1. The Morgan fingerprint density at radius 3 is 2.43 bits per heavy atom. The van der Waals surface area contributed by atoms with Gasteiger partial charge in [-0.2, -0.15) is 5.26 Å². The molecule has 0 atom stereocenters. The lowest BCUT2D eigenvalue weighted by atomic mass is 9.93. The highest BCUT2D eigenvalue weighted by atomic mass is 16.5. The number of methoxy groups -OCH3 is 1. The van der Waals surface area contributed by atoms with Gasteiger partial charge in [-0.05, 0) is 24.0 Å². The number of pyridine rings is 1. The first-order valence-electron chi connectivity index (χ1n) is 11.6. The van der Waals surface area contributed by atoms with Gasteiger partial charge in [-0.3, -0.25) is 14.6 Å². The molecule has 1 saturated heterocycles. The van der Waals surface area contributed by atoms with Crippen LogP contribution in [0.5, 0.6) is 5.75 Å². The fourth-order valence-corrected chi connectivity index (χ4v) is 4.57. The highest BCUT2D eigenvalue weighted by Gasteiger charge is 2.30. The molecule has 1 aliphatic rings. The van der Waals surface area contributed by atoms with Crippen molar-refractivity contribution in [1.82, 2.24) is 24.8 Å². The summed E-state index contributed by atoms with van der Waals surface area (Å²) < 4.78 is 5.46. The number of anilines is 1. The van der Waals surface area contributed by atoms with Gasteiger partial charge in [0, 0.05) is 37.2 Å². The molecule has 10 nitrogen and oxygen atoms in total. The van der Waals surface area contributed by atoms with Crippen LogP contribution in [-0.2, 0) is 4.79 Å². The number of amides is 1. The number of rotatable bonds is 5. The van der Waals surface area contributed by atoms with Crippen molar-refractivity contribution in [2.45, 2.75) is 12.8 Å². The summed E-state index contributed by atoms with van der Waals surface area (Å²) in [4.78, 5) is 43.7. The number of Topliss-reactive ketones (excluding diaryl/α,β-unsaturated/α-hetero) is 1. The Balaban J connectivity index is 1.42. The second-order valence-electron chi connectivity index (χ2n) is 8.54. The van der Waals surface area contributed by atoms with E-state index in [1.54, 1.807) is 0 Å². The number of benzene rings is 1. The molecule has 3 N–H and O–H groups in total. The molecule has 0 saturated carbocycles. The van der Waals surface area contributed by atoms with Crippen molar-refractivity contribution in [3.05, 3.63) is 71.8 Å². The number of nitrogens with zero attached hydrogens (tertiary/aromatic N) is 5. The van der Waals surface area contributed by atoms with Crippen molar-refractivity contribution in [2.24, 2.45) is 0 Å². The van der Waals surface area contributed by atoms with Gasteiger partial charge in [-0.15, -0.1) is 0 Å². The fourth-order valence-electron chi connectivity index (χ4n) is 4.57. The Bertz CT molecular complexity index is 1560. The van der Waals surface area contributed by atoms with Gasteiger partial charge in [0.25, 0.3) is 11.7 Å². The fraction of sp³-hybridized carbons (Fsp3) is 0.185. The summed E-state index contributed by atoms with van der Waals surface area (Å²) in [7, 11) is 1.48. The number of allylic oxidation sites excluding steroid dienone is 1. The second-order valence-corrected chi connectivity index (χ2v) is 8.54. The standard InChI is InChI=1S/C27H23N7O3/c1-37-21-15-31-23(18-12-32-27(29)33-13-18)24-22(21)20(14-30-24)25(35)26(36)34-9-7-17(8-10-34)19(11-28)16-5-3-2-4-6-16/h2-6,12-15,30H,7-10H2,1H3,(H2,29,32,33). The number of fused-ring (bicyclic) bond motifs is 1. The lowest BCUT2D eigenvalue weighted by Crippen LogP contribution is -2.40. The summed E-state index contributed by atoms with van der Waals surface area (Å²) >= 11 is 0. The van der Waals surface area contributed by atoms with E-state index in [-0.39, 0.29) is 11.5 Å². The molecule has 0 bridgehead atoms. The van der Waals surface area contributed by atoms with Crippen LogP contribution in [0, 0.1) is 11.3 Å². The Morgan fingerprint density at radius 2 is 1.78 bits per heavy atom. The van der Waals surface area contributed by atoms with Crippen LogP contribution in [0.25, 0.3) is 27.7 Å². The topological polar surface area (TPSA) is 151 Å². The van der Waals surface area contributed by atoms with E-state index in [1.165, 1.54) is 36.8 Å². The minimum absolute atomic E-state index is 0.131. The number of nitrogens with one attached hydrogen (secondary N) is 1. The third-order valence-electron chi connectivity index (χ3n) is 6.46. The summed E-state index contributed by atoms with van der Waals surface area (Å²) in [6.45, 7) is 0.708. The van der Waals surface area contributed by atoms with E-state index >= 15 is 0 Å². The van der Waals surface area contributed by atoms with Gasteiger partial charge in [-0.25, -0.2) is 9.97 Å². The van der Waals surface area contributed by atoms with Gasteiger partial charge in [0.2, 0.25) is 5.95 Å². The van der Waals surface area contributed by atoms with E-state index in [1.807, 2.05) is 30.3 Å². The second kappa shape index (κ2) is 9.91. The minimum Gasteiger partial charge on any atom is -0.494 e. The molecule has 37 heavy (non-hydrogen) atoms. The number of aromatic nitrogens is 4. The number of hydrogen-bond donors (Lipinski definition) is 2. The van der Waals surface area contributed by atoms with Crippen LogP contribution in [0.15, 0.2) is 60.7 Å². The molecule has 1 fully saturated rings. The quantitative estimate of drug-likeness (QED) is 0.244. The first-order valence-corrected chi connectivity index (χ1v) is 11.6. The van der Waals surface area contributed by atoms with Crippen molar-refractivity contribution in [2.75, 3.05) is 25.9 Å². The lowest BCUT2D eigenvalue weighted by molar-refractivity contribution is -0.126. The van der Waals surface area contributed by atoms with Crippen LogP contribution < -0.4 is 10.5 Å². The zero-order valence-corrected chi connectivity index (χ0v) is 20.1. The first-order chi connectivity index (χ1) is 18.0. The number of nitriles is 1. The molecule has 0 aliphatic carbocycles. The average molecular weight is 494 g/mol. The molecule has 4 heterocycles. The summed E-state index contributed by atoms with van der Waals surface area (Å²) in [5, 5.41) is 10.2. The largest absolute Gasteiger partial charge is 0.494 e. The number of H-pyrrole nitrogens is 1. The van der Waals surface area contributed by atoms with E-state index in [0.717, 1.165) is 11.1 Å². The van der Waals surface area contributed by atoms with Crippen molar-refractivity contribution >= 4 is 34.1 Å². The molecule has 1 amide bonds. The van der Waals surface area contributed by atoms with E-state index in [2.05, 4.69) is 26.0 Å². The van der Waals surface area contributed by atoms with Crippen LogP contribution >= 0.6 is 0 Å². The summed E-state index contributed by atoms with van der Waals surface area (Å²) in [5.74, 6) is -0.759. The predicted octanol–water partition coefficient (Wildman–Crippen LogP) is 3.39. The molecule has 3 aromatic heterocycles. The van der Waals surface area contributed by atoms with Gasteiger partial charge < -0.3 is 20.4 Å². The van der Waals surface area contributed by atoms with Crippen LogP contribution in [-0.4, -0.2) is 56.7 Å². The van der Waals surface area contributed by atoms with Crippen molar-refractivity contribution in [1.29, 1.82) is 5.26 Å². The Morgan fingerprint density at radius 1 is 1.08 bits per heavy atom. The number of nitrogen functional groups attached to an aromatic ring is 1. The molecule has 5 rings (SSSR count). The van der Waals surface area contributed by atoms with E-state index in [4.69, 9.17) is 10.5 Å². The molecule has 10 heteroatoms. The molecule has 4 aromatic rings. The highest BCUT2D eigenvalue weighted by molar-refractivity contribution is 6.45. The molecule has 184 valence electrons. The molecule has 1 aliphatic heterocycles. The maximum atomic E-state index is 13.4. The van der Waals surface area contributed by atoms with E-state index in [0.29, 0.717) is 59.4 Å². The Labute approximate surface area is 212 Å². The average Bonchev–Trinajstić information content (AvgIpc) is 3.39. The number of likely N-dealkylation sites (tertiary alicyclic amines) is 1.